The van der Waals surface area contributed by atoms with Crippen LogP contribution in [0.15, 0.2) is 24.5 Å². The van der Waals surface area contributed by atoms with E-state index in [9.17, 15) is 10.1 Å². The van der Waals surface area contributed by atoms with Gasteiger partial charge < -0.3 is 0 Å². The molecule has 0 atom stereocenters. The van der Waals surface area contributed by atoms with Gasteiger partial charge in [-0.05, 0) is 18.2 Å². The van der Waals surface area contributed by atoms with Gasteiger partial charge >= 0.3 is 5.69 Å². The maximum Gasteiger partial charge on any atom is 0.332 e. The molecule has 1 heterocycles. The van der Waals surface area contributed by atoms with Gasteiger partial charge in [0.25, 0.3) is 0 Å². The van der Waals surface area contributed by atoms with Crippen LogP contribution >= 0.6 is 34.8 Å². The molecule has 0 aliphatic heterocycles. The number of nitrogens with zero attached hydrogens (tertiary/aromatic N) is 3. The minimum Gasteiger partial charge on any atom is -0.258 e. The summed E-state index contributed by atoms with van der Waals surface area (Å²) in [7, 11) is 0. The van der Waals surface area contributed by atoms with E-state index in [0.717, 1.165) is 6.33 Å². The van der Waals surface area contributed by atoms with Crippen LogP contribution < -0.4 is 0 Å². The fourth-order valence-corrected chi connectivity index (χ4v) is 2.10. The van der Waals surface area contributed by atoms with Crippen LogP contribution in [0.4, 0.5) is 5.69 Å². The van der Waals surface area contributed by atoms with E-state index in [1.54, 1.807) is 6.07 Å². The average Bonchev–Trinajstić information content (AvgIpc) is 2.28. The Morgan fingerprint density at radius 1 is 1.17 bits per heavy atom. The molecule has 0 radical (unpaired) electrons. The van der Waals surface area contributed by atoms with Gasteiger partial charge in [-0.1, -0.05) is 34.8 Å². The molecule has 18 heavy (non-hydrogen) atoms. The first-order valence-corrected chi connectivity index (χ1v) is 5.74. The van der Waals surface area contributed by atoms with E-state index in [1.165, 1.54) is 12.1 Å². The molecule has 0 saturated heterocycles. The third kappa shape index (κ3) is 2.38. The number of hydrogen-bond acceptors (Lipinski definition) is 4. The standard InChI is InChI=1S/C10H4Cl3N3O2/c11-5-1-2-6(7(12)3-5)8-9(16(17)18)10(13)15-4-14-8/h1-4H. The van der Waals surface area contributed by atoms with Gasteiger partial charge in [0.1, 0.15) is 6.33 Å². The summed E-state index contributed by atoms with van der Waals surface area (Å²) >= 11 is 17.4. The van der Waals surface area contributed by atoms with Crippen molar-refractivity contribution in [3.63, 3.8) is 0 Å². The Morgan fingerprint density at radius 2 is 1.89 bits per heavy atom. The molecule has 8 heteroatoms. The SMILES string of the molecule is O=[N+]([O-])c1c(Cl)ncnc1-c1ccc(Cl)cc1Cl. The molecule has 1 aromatic heterocycles. The Bertz CT molecular complexity index is 634. The largest absolute Gasteiger partial charge is 0.332 e. The van der Waals surface area contributed by atoms with Gasteiger partial charge in [0, 0.05) is 10.6 Å². The zero-order valence-electron chi connectivity index (χ0n) is 8.60. The van der Waals surface area contributed by atoms with Gasteiger partial charge in [0.15, 0.2) is 5.69 Å². The van der Waals surface area contributed by atoms with Crippen molar-refractivity contribution < 1.29 is 4.92 Å². The lowest BCUT2D eigenvalue weighted by molar-refractivity contribution is -0.384. The lowest BCUT2D eigenvalue weighted by atomic mass is 10.1. The van der Waals surface area contributed by atoms with Gasteiger partial charge in [-0.2, -0.15) is 0 Å². The Morgan fingerprint density at radius 3 is 2.50 bits per heavy atom. The van der Waals surface area contributed by atoms with Crippen LogP contribution in [-0.4, -0.2) is 14.9 Å². The molecule has 2 aromatic rings. The summed E-state index contributed by atoms with van der Waals surface area (Å²) in [6, 6.07) is 4.57. The zero-order valence-corrected chi connectivity index (χ0v) is 10.9. The number of aromatic nitrogens is 2. The molecular formula is C10H4Cl3N3O2. The Hall–Kier alpha value is -1.43. The average molecular weight is 305 g/mol. The first-order valence-electron chi connectivity index (χ1n) is 4.61. The van der Waals surface area contributed by atoms with E-state index in [1.807, 2.05) is 0 Å². The van der Waals surface area contributed by atoms with E-state index >= 15 is 0 Å². The fraction of sp³-hybridized carbons (Fsp3) is 0. The van der Waals surface area contributed by atoms with E-state index in [4.69, 9.17) is 34.8 Å². The number of hydrogen-bond donors (Lipinski definition) is 0. The van der Waals surface area contributed by atoms with E-state index in [0.29, 0.717) is 10.6 Å². The first kappa shape index (κ1) is 13.0. The number of nitro groups is 1. The van der Waals surface area contributed by atoms with Crippen LogP contribution in [0.1, 0.15) is 0 Å². The van der Waals surface area contributed by atoms with Gasteiger partial charge in [-0.25, -0.2) is 9.97 Å². The summed E-state index contributed by atoms with van der Waals surface area (Å²) in [5.41, 5.74) is 0.0436. The minimum atomic E-state index is -0.650. The summed E-state index contributed by atoms with van der Waals surface area (Å²) in [5, 5.41) is 11.4. The minimum absolute atomic E-state index is 0.0571. The number of rotatable bonds is 2. The highest BCUT2D eigenvalue weighted by Gasteiger charge is 2.24. The molecule has 0 spiro atoms. The molecule has 5 nitrogen and oxygen atoms in total. The number of halogens is 3. The van der Waals surface area contributed by atoms with Gasteiger partial charge in [0.05, 0.1) is 9.95 Å². The molecule has 0 bridgehead atoms. The molecule has 1 aromatic carbocycles. The fourth-order valence-electron chi connectivity index (χ4n) is 1.40. The highest BCUT2D eigenvalue weighted by Crippen LogP contribution is 2.36. The van der Waals surface area contributed by atoms with Crippen LogP contribution in [0, 0.1) is 10.1 Å². The molecule has 0 saturated carbocycles. The smallest absolute Gasteiger partial charge is 0.258 e. The van der Waals surface area contributed by atoms with Crippen molar-refractivity contribution in [2.75, 3.05) is 0 Å². The van der Waals surface area contributed by atoms with Crippen LogP contribution in [-0.2, 0) is 0 Å². The zero-order chi connectivity index (χ0) is 13.3. The van der Waals surface area contributed by atoms with Gasteiger partial charge in [-0.3, -0.25) is 10.1 Å². The monoisotopic (exact) mass is 303 g/mol. The third-order valence-corrected chi connectivity index (χ3v) is 2.97. The third-order valence-electron chi connectivity index (χ3n) is 2.15. The van der Waals surface area contributed by atoms with Crippen molar-refractivity contribution in [2.45, 2.75) is 0 Å². The van der Waals surface area contributed by atoms with Crippen molar-refractivity contribution >= 4 is 40.5 Å². The van der Waals surface area contributed by atoms with Crippen molar-refractivity contribution in [1.82, 2.24) is 9.97 Å². The Labute approximate surface area is 116 Å². The van der Waals surface area contributed by atoms with Crippen molar-refractivity contribution in [3.8, 4) is 11.3 Å². The molecule has 0 amide bonds. The van der Waals surface area contributed by atoms with Gasteiger partial charge in [-0.15, -0.1) is 0 Å². The predicted molar refractivity (Wildman–Crippen MR) is 69.2 cm³/mol. The highest BCUT2D eigenvalue weighted by molar-refractivity contribution is 6.36. The molecule has 2 rings (SSSR count). The second-order valence-electron chi connectivity index (χ2n) is 3.24. The first-order chi connectivity index (χ1) is 8.50. The summed E-state index contributed by atoms with van der Waals surface area (Å²) in [5.74, 6) is 0. The lowest BCUT2D eigenvalue weighted by Crippen LogP contribution is -1.98. The highest BCUT2D eigenvalue weighted by atomic mass is 35.5. The quantitative estimate of drug-likeness (QED) is 0.477. The summed E-state index contributed by atoms with van der Waals surface area (Å²) in [6.45, 7) is 0. The molecule has 0 aliphatic carbocycles. The lowest BCUT2D eigenvalue weighted by Gasteiger charge is -2.05. The molecule has 0 aliphatic rings. The Kier molecular flexibility index (Phi) is 3.65. The van der Waals surface area contributed by atoms with Crippen LogP contribution in [0.5, 0.6) is 0 Å². The van der Waals surface area contributed by atoms with Gasteiger partial charge in [0.2, 0.25) is 5.15 Å². The Balaban J connectivity index is 2.71. The summed E-state index contributed by atoms with van der Waals surface area (Å²) in [4.78, 5) is 17.7. The van der Waals surface area contributed by atoms with Crippen molar-refractivity contribution in [2.24, 2.45) is 0 Å². The van der Waals surface area contributed by atoms with Crippen LogP contribution in [0.25, 0.3) is 11.3 Å². The van der Waals surface area contributed by atoms with E-state index in [2.05, 4.69) is 9.97 Å². The molecule has 92 valence electrons. The van der Waals surface area contributed by atoms with Crippen LogP contribution in [0.2, 0.25) is 15.2 Å². The second kappa shape index (κ2) is 5.06. The van der Waals surface area contributed by atoms with Crippen molar-refractivity contribution in [3.05, 3.63) is 49.8 Å². The molecule has 0 N–H and O–H groups in total. The predicted octanol–water partition coefficient (Wildman–Crippen LogP) is 4.01. The topological polar surface area (TPSA) is 68.9 Å². The molecule has 0 fully saturated rings. The van der Waals surface area contributed by atoms with Crippen molar-refractivity contribution in [1.29, 1.82) is 0 Å². The van der Waals surface area contributed by atoms with E-state index < -0.39 is 4.92 Å². The maximum absolute atomic E-state index is 11.0. The van der Waals surface area contributed by atoms with E-state index in [-0.39, 0.29) is 21.6 Å². The molecule has 0 unspecified atom stereocenters. The maximum atomic E-state index is 11.0. The second-order valence-corrected chi connectivity index (χ2v) is 4.44. The normalized spacial score (nSPS) is 10.4. The molecular weight excluding hydrogens is 300 g/mol. The summed E-state index contributed by atoms with van der Waals surface area (Å²) in [6.07, 6.45) is 1.13. The number of benzene rings is 1. The van der Waals surface area contributed by atoms with Crippen LogP contribution in [0.3, 0.4) is 0 Å². The summed E-state index contributed by atoms with van der Waals surface area (Å²) < 4.78 is 0.